The largest absolute Gasteiger partial charge is 0.508 e. The second kappa shape index (κ2) is 17.8. The number of aliphatic hydroxyl groups excluding tert-OH is 1. The maximum Gasteiger partial charge on any atom is 0.508 e. The van der Waals surface area contributed by atoms with Crippen molar-refractivity contribution in [3.8, 4) is 0 Å². The summed E-state index contributed by atoms with van der Waals surface area (Å²) in [7, 11) is -4.00. The molecule has 7 atom stereocenters. The summed E-state index contributed by atoms with van der Waals surface area (Å²) in [6.45, 7) is 38.7. The van der Waals surface area contributed by atoms with Crippen LogP contribution < -0.4 is 0 Å². The number of carbonyl (C=O) groups excluding carboxylic acids is 1. The molecule has 6 nitrogen and oxygen atoms in total. The van der Waals surface area contributed by atoms with Gasteiger partial charge < -0.3 is 23.4 Å². The Labute approximate surface area is 327 Å². The predicted molar refractivity (Wildman–Crippen MR) is 227 cm³/mol. The maximum absolute atomic E-state index is 12.3. The lowest BCUT2D eigenvalue weighted by atomic mass is 9.61. The van der Waals surface area contributed by atoms with Gasteiger partial charge in [0.05, 0.1) is 18.8 Å². The normalized spacial score (nSPS) is 29.1. The Balaban J connectivity index is 1.80. The van der Waals surface area contributed by atoms with Gasteiger partial charge in [0.1, 0.15) is 11.7 Å². The molecule has 0 radical (unpaired) electrons. The fourth-order valence-electron chi connectivity index (χ4n) is 8.37. The number of fused-ring (bicyclic) bond motifs is 1. The van der Waals surface area contributed by atoms with Gasteiger partial charge in [-0.15, -0.1) is 0 Å². The van der Waals surface area contributed by atoms with E-state index in [0.29, 0.717) is 18.4 Å². The Morgan fingerprint density at radius 1 is 0.962 bits per heavy atom. The first-order chi connectivity index (χ1) is 24.3. The lowest BCUT2D eigenvalue weighted by Crippen LogP contribution is -2.49. The van der Waals surface area contributed by atoms with Crippen LogP contribution in [0.25, 0.3) is 0 Å². The van der Waals surface area contributed by atoms with E-state index in [1.165, 1.54) is 24.8 Å². The van der Waals surface area contributed by atoms with Gasteiger partial charge in [-0.2, -0.15) is 0 Å². The number of allylic oxidation sites excluding steroid dienone is 4. The van der Waals surface area contributed by atoms with Crippen LogP contribution in [0.2, 0.25) is 36.3 Å². The zero-order valence-electron chi connectivity index (χ0n) is 36.7. The molecule has 0 heterocycles. The molecule has 0 unspecified atom stereocenters. The van der Waals surface area contributed by atoms with Crippen molar-refractivity contribution in [3.05, 3.63) is 47.6 Å². The highest BCUT2D eigenvalue weighted by Gasteiger charge is 2.50. The number of carbonyl (C=O) groups is 1. The summed E-state index contributed by atoms with van der Waals surface area (Å²) in [5.41, 5.74) is 3.11. The minimum Gasteiger partial charge on any atom is -0.434 e. The molecule has 0 spiro atoms. The second-order valence-corrected chi connectivity index (χ2v) is 30.1. The third-order valence-electron chi connectivity index (χ3n) is 14.0. The number of hydrogen-bond donors (Lipinski definition) is 1. The first-order valence-corrected chi connectivity index (χ1v) is 26.7. The fraction of sp³-hybridized carbons (Fsp3) is 0.800. The lowest BCUT2D eigenvalue weighted by Gasteiger charge is -2.45. The standard InChI is InChI=1S/C45H80O6Si2/c1-17-18-19-29-48-41(47)49-44(10,11)40(46)27-22-32(2)37-25-26-38-34(21-20-28-45(37,38)12)23-24-35-30-36(50-52(13,14)42(4,5)6)31-39(33(35)3)51-53(15,16)43(7,8)9/h22-24,27,32,36-40,46H,3,17-21,25-26,28-31H2,1-2,4-16H3/b27-22+,34-23+,35-24-/t32-,36-,37-,38+,39+,40-,45-/m1/s1. The van der Waals surface area contributed by atoms with Gasteiger partial charge in [-0.1, -0.05) is 112 Å². The van der Waals surface area contributed by atoms with Crippen LogP contribution in [0, 0.1) is 23.2 Å². The quantitative estimate of drug-likeness (QED) is 0.0820. The van der Waals surface area contributed by atoms with Crippen LogP contribution in [0.5, 0.6) is 0 Å². The Morgan fingerprint density at radius 3 is 2.19 bits per heavy atom. The third kappa shape index (κ3) is 11.6. The van der Waals surface area contributed by atoms with E-state index in [9.17, 15) is 9.90 Å². The molecule has 0 saturated heterocycles. The molecule has 8 heteroatoms. The van der Waals surface area contributed by atoms with Gasteiger partial charge in [-0.25, -0.2) is 4.79 Å². The van der Waals surface area contributed by atoms with Gasteiger partial charge in [-0.3, -0.25) is 0 Å². The number of hydrogen-bond acceptors (Lipinski definition) is 6. The number of aliphatic hydroxyl groups is 1. The molecule has 0 aromatic carbocycles. The van der Waals surface area contributed by atoms with Crippen molar-refractivity contribution in [2.24, 2.45) is 23.2 Å². The van der Waals surface area contributed by atoms with Crippen LogP contribution in [0.1, 0.15) is 140 Å². The van der Waals surface area contributed by atoms with Gasteiger partial charge in [0.25, 0.3) is 0 Å². The molecule has 1 N–H and O–H groups in total. The first kappa shape index (κ1) is 45.9. The molecule has 0 amide bonds. The topological polar surface area (TPSA) is 74.2 Å². The van der Waals surface area contributed by atoms with Crippen LogP contribution in [-0.4, -0.2) is 58.4 Å². The zero-order valence-corrected chi connectivity index (χ0v) is 38.7. The molecule has 0 aromatic heterocycles. The minimum atomic E-state index is -2.03. The van der Waals surface area contributed by atoms with E-state index in [0.717, 1.165) is 50.5 Å². The summed E-state index contributed by atoms with van der Waals surface area (Å²) in [6, 6.07) is 0. The van der Waals surface area contributed by atoms with Crippen molar-refractivity contribution < 1.29 is 28.2 Å². The highest BCUT2D eigenvalue weighted by Crippen LogP contribution is 2.59. The van der Waals surface area contributed by atoms with Crippen LogP contribution in [0.3, 0.4) is 0 Å². The summed E-state index contributed by atoms with van der Waals surface area (Å²) in [5, 5.41) is 11.3. The molecule has 3 aliphatic carbocycles. The molecule has 3 fully saturated rings. The van der Waals surface area contributed by atoms with E-state index < -0.39 is 34.5 Å². The maximum atomic E-state index is 12.3. The van der Waals surface area contributed by atoms with Crippen LogP contribution in [0.15, 0.2) is 47.6 Å². The summed E-state index contributed by atoms with van der Waals surface area (Å²) < 4.78 is 25.0. The molecule has 0 bridgehead atoms. The molecular weight excluding hydrogens is 693 g/mol. The van der Waals surface area contributed by atoms with Crippen molar-refractivity contribution in [2.45, 2.75) is 201 Å². The molecular formula is C45H80O6Si2. The smallest absolute Gasteiger partial charge is 0.434 e. The SMILES string of the molecule is C=C1/C(=C\C=C2/CCC[C@]3(C)[C@@H]([C@H](C)/C=C/[C@@H](O)C(C)(C)OC(=O)OCCCCC)CC[C@@H]23)C[C@@H](O[Si](C)(C)C(C)(C)C)C[C@@H]1O[Si](C)(C)C(C)(C)C. The Morgan fingerprint density at radius 2 is 1.58 bits per heavy atom. The van der Waals surface area contributed by atoms with Crippen molar-refractivity contribution in [1.29, 1.82) is 0 Å². The first-order valence-electron chi connectivity index (χ1n) is 20.9. The van der Waals surface area contributed by atoms with E-state index >= 15 is 0 Å². The Kier molecular flexibility index (Phi) is 15.4. The van der Waals surface area contributed by atoms with Crippen LogP contribution in [-0.2, 0) is 18.3 Å². The Bertz CT molecular complexity index is 1350. The Hall–Kier alpha value is -1.46. The van der Waals surface area contributed by atoms with Gasteiger partial charge >= 0.3 is 6.16 Å². The molecule has 53 heavy (non-hydrogen) atoms. The highest BCUT2D eigenvalue weighted by molar-refractivity contribution is 6.74. The summed E-state index contributed by atoms with van der Waals surface area (Å²) in [4.78, 5) is 12.3. The van der Waals surface area contributed by atoms with E-state index in [2.05, 4.69) is 113 Å². The third-order valence-corrected chi connectivity index (χ3v) is 23.1. The average Bonchev–Trinajstić information content (AvgIpc) is 3.38. The van der Waals surface area contributed by atoms with Gasteiger partial charge in [0, 0.05) is 6.42 Å². The zero-order chi connectivity index (χ0) is 40.2. The van der Waals surface area contributed by atoms with Crippen molar-refractivity contribution in [1.82, 2.24) is 0 Å². The van der Waals surface area contributed by atoms with E-state index in [4.69, 9.17) is 18.3 Å². The summed E-state index contributed by atoms with van der Waals surface area (Å²) in [5.74, 6) is 1.33. The van der Waals surface area contributed by atoms with Gasteiger partial charge in [-0.05, 0) is 129 Å². The second-order valence-electron chi connectivity index (χ2n) is 20.6. The lowest BCUT2D eigenvalue weighted by molar-refractivity contribution is -0.0671. The fourth-order valence-corrected chi connectivity index (χ4v) is 11.0. The van der Waals surface area contributed by atoms with Crippen molar-refractivity contribution >= 4 is 22.8 Å². The minimum absolute atomic E-state index is 0.0219. The molecule has 0 aliphatic heterocycles. The summed E-state index contributed by atoms with van der Waals surface area (Å²) >= 11 is 0. The van der Waals surface area contributed by atoms with E-state index in [1.807, 2.05) is 6.08 Å². The van der Waals surface area contributed by atoms with Crippen LogP contribution in [0.4, 0.5) is 4.79 Å². The molecule has 3 rings (SSSR count). The molecule has 3 saturated carbocycles. The number of unbranched alkanes of at least 4 members (excludes halogenated alkanes) is 2. The number of ether oxygens (including phenoxy) is 2. The highest BCUT2D eigenvalue weighted by atomic mass is 28.4. The van der Waals surface area contributed by atoms with Gasteiger partial charge in [0.2, 0.25) is 0 Å². The van der Waals surface area contributed by atoms with E-state index in [-0.39, 0.29) is 33.6 Å². The van der Waals surface area contributed by atoms with E-state index in [1.54, 1.807) is 19.4 Å². The monoisotopic (exact) mass is 773 g/mol. The van der Waals surface area contributed by atoms with Crippen LogP contribution >= 0.6 is 0 Å². The van der Waals surface area contributed by atoms with Crippen molar-refractivity contribution in [2.75, 3.05) is 6.61 Å². The van der Waals surface area contributed by atoms with Crippen molar-refractivity contribution in [3.63, 3.8) is 0 Å². The predicted octanol–water partition coefficient (Wildman–Crippen LogP) is 12.9. The van der Waals surface area contributed by atoms with Gasteiger partial charge in [0.15, 0.2) is 16.6 Å². The molecule has 304 valence electrons. The average molecular weight is 773 g/mol. The molecule has 3 aliphatic rings. The number of rotatable bonds is 14. The summed E-state index contributed by atoms with van der Waals surface area (Å²) in [6.07, 6.45) is 17.8. The molecule has 0 aromatic rings.